The van der Waals surface area contributed by atoms with Crippen LogP contribution in [0.1, 0.15) is 31.3 Å². The third-order valence-electron chi connectivity index (χ3n) is 2.86. The van der Waals surface area contributed by atoms with E-state index in [-0.39, 0.29) is 0 Å². The van der Waals surface area contributed by atoms with Gasteiger partial charge in [0.2, 0.25) is 0 Å². The highest BCUT2D eigenvalue weighted by Crippen LogP contribution is 2.24. The van der Waals surface area contributed by atoms with Crippen molar-refractivity contribution in [2.24, 2.45) is 0 Å². The molecule has 3 nitrogen and oxygen atoms in total. The van der Waals surface area contributed by atoms with Crippen molar-refractivity contribution in [3.05, 3.63) is 17.7 Å². The summed E-state index contributed by atoms with van der Waals surface area (Å²) in [5, 5.41) is 0. The molecule has 0 bridgehead atoms. The van der Waals surface area contributed by atoms with E-state index in [2.05, 4.69) is 28.7 Å². The van der Waals surface area contributed by atoms with E-state index in [0.717, 1.165) is 30.3 Å². The molecule has 0 atom stereocenters. The van der Waals surface area contributed by atoms with E-state index < -0.39 is 0 Å². The van der Waals surface area contributed by atoms with E-state index in [1.165, 1.54) is 11.5 Å². The topological polar surface area (TPSA) is 29.0 Å². The molecule has 2 heterocycles. The lowest BCUT2D eigenvalue weighted by Crippen LogP contribution is -2.33. The fourth-order valence-electron chi connectivity index (χ4n) is 1.87. The lowest BCUT2D eigenvalue weighted by molar-refractivity contribution is 0.754. The molecule has 0 unspecified atom stereocenters. The first-order valence-electron chi connectivity index (χ1n) is 5.97. The van der Waals surface area contributed by atoms with E-state index in [1.54, 1.807) is 0 Å². The van der Waals surface area contributed by atoms with Crippen LogP contribution in [0, 0.1) is 0 Å². The molecule has 0 N–H and O–H groups in total. The third kappa shape index (κ3) is 3.05. The normalized spacial score (nSPS) is 16.6. The number of thioether (sulfide) groups is 1. The fraction of sp³-hybridized carbons (Fsp3) is 0.667. The first kappa shape index (κ1) is 13.0. The standard InChI is InChI=1S/C12H18ClN3S/c1-9(2)12-14-8-11(10(7-13)15-12)16-3-5-17-6-4-16/h8-9H,3-7H2,1-2H3. The Hall–Kier alpha value is -0.480. The van der Waals surface area contributed by atoms with Crippen LogP contribution in [-0.4, -0.2) is 34.6 Å². The van der Waals surface area contributed by atoms with Gasteiger partial charge in [-0.3, -0.25) is 0 Å². The van der Waals surface area contributed by atoms with Crippen LogP contribution in [0.3, 0.4) is 0 Å². The fourth-order valence-corrected chi connectivity index (χ4v) is 2.97. The minimum atomic E-state index is 0.350. The van der Waals surface area contributed by atoms with E-state index >= 15 is 0 Å². The summed E-state index contributed by atoms with van der Waals surface area (Å²) >= 11 is 8.01. The average Bonchev–Trinajstić information content (AvgIpc) is 2.39. The molecule has 1 aromatic heterocycles. The van der Waals surface area contributed by atoms with Crippen molar-refractivity contribution in [3.63, 3.8) is 0 Å². The summed E-state index contributed by atoms with van der Waals surface area (Å²) < 4.78 is 0. The quantitative estimate of drug-likeness (QED) is 0.791. The van der Waals surface area contributed by atoms with Gasteiger partial charge in [0.25, 0.3) is 0 Å². The summed E-state index contributed by atoms with van der Waals surface area (Å²) in [5.74, 6) is 4.04. The molecule has 94 valence electrons. The number of rotatable bonds is 3. The maximum atomic E-state index is 6.01. The van der Waals surface area contributed by atoms with Crippen LogP contribution in [0.5, 0.6) is 0 Å². The monoisotopic (exact) mass is 271 g/mol. The van der Waals surface area contributed by atoms with Gasteiger partial charge in [-0.25, -0.2) is 9.97 Å². The second-order valence-electron chi connectivity index (χ2n) is 4.45. The number of hydrogen-bond donors (Lipinski definition) is 0. The van der Waals surface area contributed by atoms with Crippen molar-refractivity contribution in [1.29, 1.82) is 0 Å². The molecule has 0 spiro atoms. The highest BCUT2D eigenvalue weighted by molar-refractivity contribution is 7.99. The Kier molecular flexibility index (Phi) is 4.51. The van der Waals surface area contributed by atoms with Gasteiger partial charge in [-0.2, -0.15) is 11.8 Å². The molecular weight excluding hydrogens is 254 g/mol. The van der Waals surface area contributed by atoms with Crippen molar-refractivity contribution < 1.29 is 0 Å². The molecule has 1 fully saturated rings. The highest BCUT2D eigenvalue weighted by Gasteiger charge is 2.17. The lowest BCUT2D eigenvalue weighted by atomic mass is 10.2. The molecule has 0 radical (unpaired) electrons. The van der Waals surface area contributed by atoms with Gasteiger partial charge in [0.15, 0.2) is 0 Å². The zero-order chi connectivity index (χ0) is 12.3. The van der Waals surface area contributed by atoms with Gasteiger partial charge in [-0.1, -0.05) is 13.8 Å². The lowest BCUT2D eigenvalue weighted by Gasteiger charge is -2.29. The molecule has 2 rings (SSSR count). The first-order chi connectivity index (χ1) is 8.22. The number of halogens is 1. The van der Waals surface area contributed by atoms with Gasteiger partial charge in [0.1, 0.15) is 5.82 Å². The van der Waals surface area contributed by atoms with Gasteiger partial charge >= 0.3 is 0 Å². The van der Waals surface area contributed by atoms with Crippen molar-refractivity contribution in [3.8, 4) is 0 Å². The third-order valence-corrected chi connectivity index (χ3v) is 4.05. The summed E-state index contributed by atoms with van der Waals surface area (Å²) in [4.78, 5) is 11.4. The Morgan fingerprint density at radius 2 is 2.12 bits per heavy atom. The number of hydrogen-bond acceptors (Lipinski definition) is 4. The highest BCUT2D eigenvalue weighted by atomic mass is 35.5. The number of alkyl halides is 1. The van der Waals surface area contributed by atoms with Gasteiger partial charge in [-0.05, 0) is 0 Å². The van der Waals surface area contributed by atoms with Crippen molar-refractivity contribution in [2.45, 2.75) is 25.6 Å². The summed E-state index contributed by atoms with van der Waals surface area (Å²) in [7, 11) is 0. The molecule has 17 heavy (non-hydrogen) atoms. The molecule has 0 saturated carbocycles. The Balaban J connectivity index is 2.26. The van der Waals surface area contributed by atoms with Crippen LogP contribution < -0.4 is 4.90 Å². The van der Waals surface area contributed by atoms with Gasteiger partial charge in [0, 0.05) is 30.5 Å². The molecular formula is C12H18ClN3S. The average molecular weight is 272 g/mol. The van der Waals surface area contributed by atoms with E-state index in [4.69, 9.17) is 11.6 Å². The van der Waals surface area contributed by atoms with Crippen LogP contribution in [0.2, 0.25) is 0 Å². The van der Waals surface area contributed by atoms with Crippen LogP contribution >= 0.6 is 23.4 Å². The van der Waals surface area contributed by atoms with Crippen LogP contribution in [0.15, 0.2) is 6.20 Å². The first-order valence-corrected chi connectivity index (χ1v) is 7.65. The second kappa shape index (κ2) is 5.91. The molecule has 1 aliphatic heterocycles. The number of nitrogens with zero attached hydrogens (tertiary/aromatic N) is 3. The Morgan fingerprint density at radius 1 is 1.41 bits per heavy atom. The molecule has 0 aromatic carbocycles. The largest absolute Gasteiger partial charge is 0.367 e. The molecule has 0 aliphatic carbocycles. The van der Waals surface area contributed by atoms with E-state index in [9.17, 15) is 0 Å². The smallest absolute Gasteiger partial charge is 0.131 e. The minimum Gasteiger partial charge on any atom is -0.367 e. The van der Waals surface area contributed by atoms with Crippen molar-refractivity contribution in [2.75, 3.05) is 29.5 Å². The second-order valence-corrected chi connectivity index (χ2v) is 5.94. The number of aromatic nitrogens is 2. The maximum Gasteiger partial charge on any atom is 0.131 e. The minimum absolute atomic E-state index is 0.350. The Morgan fingerprint density at radius 3 is 2.71 bits per heavy atom. The summed E-state index contributed by atoms with van der Waals surface area (Å²) in [6, 6.07) is 0. The predicted octanol–water partition coefficient (Wildman–Crippen LogP) is 2.89. The van der Waals surface area contributed by atoms with Gasteiger partial charge < -0.3 is 4.90 Å². The summed E-state index contributed by atoms with van der Waals surface area (Å²) in [6.45, 7) is 6.34. The summed E-state index contributed by atoms with van der Waals surface area (Å²) in [5.41, 5.74) is 2.09. The Labute approximate surface area is 112 Å². The van der Waals surface area contributed by atoms with Crippen molar-refractivity contribution >= 4 is 29.1 Å². The molecule has 1 aliphatic rings. The Bertz CT molecular complexity index is 378. The molecule has 0 amide bonds. The van der Waals surface area contributed by atoms with E-state index in [0.29, 0.717) is 11.8 Å². The van der Waals surface area contributed by atoms with E-state index in [1.807, 2.05) is 18.0 Å². The maximum absolute atomic E-state index is 6.01. The molecule has 1 aromatic rings. The van der Waals surface area contributed by atoms with Crippen LogP contribution in [0.4, 0.5) is 5.69 Å². The van der Waals surface area contributed by atoms with Gasteiger partial charge in [0.05, 0.1) is 23.5 Å². The van der Waals surface area contributed by atoms with Crippen molar-refractivity contribution in [1.82, 2.24) is 9.97 Å². The van der Waals surface area contributed by atoms with Crippen LogP contribution in [-0.2, 0) is 5.88 Å². The van der Waals surface area contributed by atoms with Gasteiger partial charge in [-0.15, -0.1) is 11.6 Å². The zero-order valence-electron chi connectivity index (χ0n) is 10.3. The zero-order valence-corrected chi connectivity index (χ0v) is 11.9. The molecule has 1 saturated heterocycles. The molecule has 5 heteroatoms. The SMILES string of the molecule is CC(C)c1ncc(N2CCSCC2)c(CCl)n1. The van der Waals surface area contributed by atoms with Crippen LogP contribution in [0.25, 0.3) is 0 Å². The number of anilines is 1. The predicted molar refractivity (Wildman–Crippen MR) is 75.2 cm³/mol. The summed E-state index contributed by atoms with van der Waals surface area (Å²) in [6.07, 6.45) is 1.94.